The fourth-order valence-electron chi connectivity index (χ4n) is 5.45. The molecule has 0 atom stereocenters. The molecule has 0 amide bonds. The Morgan fingerprint density at radius 2 is 1.37 bits per heavy atom. The molecule has 3 heterocycles. The van der Waals surface area contributed by atoms with Crippen LogP contribution >= 0.6 is 11.3 Å². The van der Waals surface area contributed by atoms with Gasteiger partial charge in [-0.3, -0.25) is 4.57 Å². The molecule has 4 nitrogen and oxygen atoms in total. The van der Waals surface area contributed by atoms with Crippen LogP contribution in [0.3, 0.4) is 0 Å². The zero-order valence-electron chi connectivity index (χ0n) is 20.1. The Balaban J connectivity index is 1.55. The number of hydrogen-bond donors (Lipinski definition) is 0. The van der Waals surface area contributed by atoms with Gasteiger partial charge in [0, 0.05) is 26.4 Å². The Labute approximate surface area is 221 Å². The van der Waals surface area contributed by atoms with Gasteiger partial charge in [0.25, 0.3) is 0 Å². The minimum absolute atomic E-state index is 0.620. The molecular formula is C33H18N4S. The number of benzene rings is 5. The first-order chi connectivity index (χ1) is 18.8. The Bertz CT molecular complexity index is 2250. The predicted molar refractivity (Wildman–Crippen MR) is 157 cm³/mol. The highest BCUT2D eigenvalue weighted by atomic mass is 32.1. The van der Waals surface area contributed by atoms with Crippen molar-refractivity contribution in [2.24, 2.45) is 0 Å². The molecule has 0 saturated heterocycles. The molecule has 0 aliphatic rings. The number of nitrogens with zero attached hydrogens (tertiary/aromatic N) is 4. The normalized spacial score (nSPS) is 11.7. The van der Waals surface area contributed by atoms with Gasteiger partial charge in [-0.1, -0.05) is 72.8 Å². The van der Waals surface area contributed by atoms with Crippen molar-refractivity contribution in [1.82, 2.24) is 14.5 Å². The molecule has 38 heavy (non-hydrogen) atoms. The smallest absolute Gasteiger partial charge is 0.165 e. The summed E-state index contributed by atoms with van der Waals surface area (Å²) in [5, 5.41) is 15.2. The second-order valence-electron chi connectivity index (χ2n) is 9.41. The van der Waals surface area contributed by atoms with Gasteiger partial charge in [-0.15, -0.1) is 11.3 Å². The highest BCUT2D eigenvalue weighted by Gasteiger charge is 2.21. The van der Waals surface area contributed by atoms with Crippen LogP contribution in [-0.4, -0.2) is 14.5 Å². The SMILES string of the molecule is N#Cc1ccc(-c2nc3sc4ccccc4c3nc2-n2c3ccccc3c3cc4ccccc4cc32)cc1. The van der Waals surface area contributed by atoms with Gasteiger partial charge in [0.15, 0.2) is 5.82 Å². The molecule has 176 valence electrons. The van der Waals surface area contributed by atoms with Crippen LogP contribution in [0.4, 0.5) is 0 Å². The highest BCUT2D eigenvalue weighted by molar-refractivity contribution is 7.25. The second kappa shape index (κ2) is 7.97. The van der Waals surface area contributed by atoms with Gasteiger partial charge in [-0.2, -0.15) is 5.26 Å². The maximum Gasteiger partial charge on any atom is 0.165 e. The van der Waals surface area contributed by atoms with Crippen LogP contribution in [0, 0.1) is 11.3 Å². The largest absolute Gasteiger partial charge is 0.292 e. The lowest BCUT2D eigenvalue weighted by Crippen LogP contribution is -2.03. The summed E-state index contributed by atoms with van der Waals surface area (Å²) in [6.07, 6.45) is 0. The van der Waals surface area contributed by atoms with Gasteiger partial charge < -0.3 is 0 Å². The van der Waals surface area contributed by atoms with Gasteiger partial charge in [-0.05, 0) is 47.2 Å². The van der Waals surface area contributed by atoms with E-state index in [1.165, 1.54) is 26.2 Å². The molecule has 0 aliphatic heterocycles. The third-order valence-electron chi connectivity index (χ3n) is 7.23. The van der Waals surface area contributed by atoms with Crippen molar-refractivity contribution in [3.8, 4) is 23.1 Å². The molecule has 8 rings (SSSR count). The maximum atomic E-state index is 9.37. The van der Waals surface area contributed by atoms with Crippen LogP contribution in [0.1, 0.15) is 5.56 Å². The molecule has 5 heteroatoms. The first-order valence-electron chi connectivity index (χ1n) is 12.4. The molecule has 0 unspecified atom stereocenters. The first-order valence-corrected chi connectivity index (χ1v) is 13.2. The van der Waals surface area contributed by atoms with E-state index in [0.717, 1.165) is 43.8 Å². The average Bonchev–Trinajstić information content (AvgIpc) is 3.50. The van der Waals surface area contributed by atoms with Crippen LogP contribution in [-0.2, 0) is 0 Å². The predicted octanol–water partition coefficient (Wildman–Crippen LogP) is 8.63. The number of rotatable bonds is 2. The fraction of sp³-hybridized carbons (Fsp3) is 0. The zero-order valence-corrected chi connectivity index (χ0v) is 20.9. The van der Waals surface area contributed by atoms with Gasteiger partial charge >= 0.3 is 0 Å². The van der Waals surface area contributed by atoms with E-state index in [1.54, 1.807) is 11.3 Å². The third kappa shape index (κ3) is 3.02. The van der Waals surface area contributed by atoms with Crippen LogP contribution < -0.4 is 0 Å². The van der Waals surface area contributed by atoms with Crippen molar-refractivity contribution in [1.29, 1.82) is 5.26 Å². The van der Waals surface area contributed by atoms with Crippen LogP contribution in [0.25, 0.3) is 70.1 Å². The molecule has 0 N–H and O–H groups in total. The first kappa shape index (κ1) is 21.1. The number of hydrogen-bond acceptors (Lipinski definition) is 4. The Morgan fingerprint density at radius 1 is 0.658 bits per heavy atom. The average molecular weight is 503 g/mol. The standard InChI is InChI=1S/C33H18N4S/c34-19-20-13-15-21(16-14-20)30-32(35-31-25-10-4-6-12-29(25)38-33(31)36-30)37-27-11-5-3-9-24(27)26-17-22-7-1-2-8-23(22)18-28(26)37/h1-18H. The van der Waals surface area contributed by atoms with Gasteiger partial charge in [0.05, 0.1) is 22.7 Å². The van der Waals surface area contributed by atoms with Crippen LogP contribution in [0.2, 0.25) is 0 Å². The lowest BCUT2D eigenvalue weighted by atomic mass is 10.1. The summed E-state index contributed by atoms with van der Waals surface area (Å²) in [5.41, 5.74) is 5.43. The van der Waals surface area contributed by atoms with Crippen molar-refractivity contribution in [2.45, 2.75) is 0 Å². The molecule has 0 radical (unpaired) electrons. The van der Waals surface area contributed by atoms with Crippen molar-refractivity contribution < 1.29 is 0 Å². The van der Waals surface area contributed by atoms with Crippen molar-refractivity contribution >= 4 is 64.3 Å². The third-order valence-corrected chi connectivity index (χ3v) is 8.29. The van der Waals surface area contributed by atoms with E-state index in [9.17, 15) is 5.26 Å². The van der Waals surface area contributed by atoms with E-state index in [0.29, 0.717) is 5.56 Å². The van der Waals surface area contributed by atoms with Crippen molar-refractivity contribution in [2.75, 3.05) is 0 Å². The number of aromatic nitrogens is 3. The molecule has 0 spiro atoms. The monoisotopic (exact) mass is 502 g/mol. The summed E-state index contributed by atoms with van der Waals surface area (Å²) < 4.78 is 3.42. The number of para-hydroxylation sites is 1. The minimum atomic E-state index is 0.620. The molecule has 0 fully saturated rings. The summed E-state index contributed by atoms with van der Waals surface area (Å²) in [5.74, 6) is 0.784. The fourth-order valence-corrected chi connectivity index (χ4v) is 6.47. The van der Waals surface area contributed by atoms with Gasteiger partial charge in [-0.25, -0.2) is 9.97 Å². The lowest BCUT2D eigenvalue weighted by Gasteiger charge is -2.13. The molecule has 3 aromatic heterocycles. The Kier molecular flexibility index (Phi) is 4.42. The number of fused-ring (bicyclic) bond motifs is 7. The van der Waals surface area contributed by atoms with E-state index in [1.807, 2.05) is 24.3 Å². The molecule has 5 aromatic carbocycles. The summed E-state index contributed by atoms with van der Waals surface area (Å²) in [6, 6.07) is 39.7. The number of thiophene rings is 1. The Morgan fingerprint density at radius 3 is 2.18 bits per heavy atom. The summed E-state index contributed by atoms with van der Waals surface area (Å²) in [4.78, 5) is 11.5. The second-order valence-corrected chi connectivity index (χ2v) is 10.4. The minimum Gasteiger partial charge on any atom is -0.292 e. The molecule has 0 bridgehead atoms. The molecule has 0 saturated carbocycles. The maximum absolute atomic E-state index is 9.37. The Hall–Kier alpha value is -5.05. The zero-order chi connectivity index (χ0) is 25.2. The van der Waals surface area contributed by atoms with Crippen molar-refractivity contribution in [3.05, 3.63) is 115 Å². The summed E-state index contributed by atoms with van der Waals surface area (Å²) in [6.45, 7) is 0. The highest BCUT2D eigenvalue weighted by Crippen LogP contribution is 2.39. The van der Waals surface area contributed by atoms with E-state index in [-0.39, 0.29) is 0 Å². The topological polar surface area (TPSA) is 54.5 Å². The quantitative estimate of drug-likeness (QED) is 0.238. The van der Waals surface area contributed by atoms with Gasteiger partial charge in [0.2, 0.25) is 0 Å². The van der Waals surface area contributed by atoms with E-state index in [2.05, 4.69) is 95.6 Å². The van der Waals surface area contributed by atoms with Crippen LogP contribution in [0.15, 0.2) is 109 Å². The van der Waals surface area contributed by atoms with E-state index < -0.39 is 0 Å². The summed E-state index contributed by atoms with van der Waals surface area (Å²) >= 11 is 1.66. The molecule has 8 aromatic rings. The molecular weight excluding hydrogens is 484 g/mol. The number of nitriles is 1. The summed E-state index contributed by atoms with van der Waals surface area (Å²) in [7, 11) is 0. The van der Waals surface area contributed by atoms with E-state index in [4.69, 9.17) is 9.97 Å². The van der Waals surface area contributed by atoms with Crippen LogP contribution in [0.5, 0.6) is 0 Å². The molecule has 0 aliphatic carbocycles. The van der Waals surface area contributed by atoms with Crippen molar-refractivity contribution in [3.63, 3.8) is 0 Å². The van der Waals surface area contributed by atoms with Gasteiger partial charge in [0.1, 0.15) is 16.0 Å². The lowest BCUT2D eigenvalue weighted by molar-refractivity contribution is 1.09. The van der Waals surface area contributed by atoms with E-state index >= 15 is 0 Å².